The Balaban J connectivity index is 2.29. The van der Waals surface area contributed by atoms with Crippen molar-refractivity contribution < 1.29 is 14.6 Å². The average molecular weight is 293 g/mol. The van der Waals surface area contributed by atoms with E-state index in [0.717, 1.165) is 6.54 Å². The van der Waals surface area contributed by atoms with E-state index in [1.165, 1.54) is 10.6 Å². The van der Waals surface area contributed by atoms with Gasteiger partial charge in [0.2, 0.25) is 0 Å². The number of aromatic carboxylic acids is 1. The minimum absolute atomic E-state index is 0.130. The predicted molar refractivity (Wildman–Crippen MR) is 78.9 cm³/mol. The van der Waals surface area contributed by atoms with E-state index >= 15 is 0 Å². The lowest BCUT2D eigenvalue weighted by Gasteiger charge is -2.16. The molecular weight excluding hydrogens is 274 g/mol. The van der Waals surface area contributed by atoms with Gasteiger partial charge in [0.25, 0.3) is 0 Å². The summed E-state index contributed by atoms with van der Waals surface area (Å²) in [5.74, 6) is -1.04. The number of aromatic amines is 1. The number of likely N-dealkylation sites (N-methyl/N-ethyl adjacent to an activating group) is 1. The van der Waals surface area contributed by atoms with Gasteiger partial charge in [-0.2, -0.15) is 0 Å². The quantitative estimate of drug-likeness (QED) is 0.781. The maximum absolute atomic E-state index is 12.0. The summed E-state index contributed by atoms with van der Waals surface area (Å²) in [6, 6.07) is 4.83. The van der Waals surface area contributed by atoms with E-state index in [1.54, 1.807) is 19.2 Å². The highest BCUT2D eigenvalue weighted by molar-refractivity contribution is 6.01. The number of methoxy groups -OCH3 is 1. The van der Waals surface area contributed by atoms with Crippen LogP contribution < -0.4 is 5.69 Å². The molecule has 2 rings (SSSR count). The van der Waals surface area contributed by atoms with E-state index in [2.05, 4.69) is 4.98 Å². The third-order valence-electron chi connectivity index (χ3n) is 3.41. The summed E-state index contributed by atoms with van der Waals surface area (Å²) in [4.78, 5) is 28.0. The number of H-pyrrole nitrogens is 1. The molecule has 2 aromatic rings. The van der Waals surface area contributed by atoms with Gasteiger partial charge in [-0.25, -0.2) is 9.59 Å². The van der Waals surface area contributed by atoms with Crippen molar-refractivity contribution in [1.29, 1.82) is 0 Å². The molecule has 2 N–H and O–H groups in total. The van der Waals surface area contributed by atoms with Gasteiger partial charge < -0.3 is 19.7 Å². The Morgan fingerprint density at radius 2 is 2.19 bits per heavy atom. The van der Waals surface area contributed by atoms with Gasteiger partial charge in [0.15, 0.2) is 0 Å². The number of benzene rings is 1. The van der Waals surface area contributed by atoms with E-state index in [4.69, 9.17) is 4.74 Å². The highest BCUT2D eigenvalue weighted by atomic mass is 16.5. The van der Waals surface area contributed by atoms with Crippen LogP contribution in [0.15, 0.2) is 23.0 Å². The topological polar surface area (TPSA) is 87.6 Å². The summed E-state index contributed by atoms with van der Waals surface area (Å²) in [7, 11) is 3.56. The van der Waals surface area contributed by atoms with Gasteiger partial charge in [-0.1, -0.05) is 6.07 Å². The van der Waals surface area contributed by atoms with Crippen LogP contribution in [0.1, 0.15) is 10.4 Å². The van der Waals surface area contributed by atoms with Crippen LogP contribution >= 0.6 is 0 Å². The van der Waals surface area contributed by atoms with Crippen LogP contribution in [-0.2, 0) is 11.3 Å². The molecule has 1 aromatic carbocycles. The number of para-hydroxylation sites is 1. The number of ether oxygens (including phenoxy) is 1. The van der Waals surface area contributed by atoms with Crippen LogP contribution in [-0.4, -0.2) is 59.4 Å². The number of rotatable bonds is 7. The zero-order chi connectivity index (χ0) is 15.4. The van der Waals surface area contributed by atoms with Gasteiger partial charge >= 0.3 is 11.7 Å². The molecule has 114 valence electrons. The molecule has 7 heteroatoms. The first-order chi connectivity index (χ1) is 10.0. The standard InChI is InChI=1S/C14H19N3O4/c1-16(8-9-21-2)6-7-17-12-10(13(18)19)4-3-5-11(12)15-14(17)20/h3-5H,6-9H2,1-2H3,(H,15,20)(H,18,19). The maximum Gasteiger partial charge on any atom is 0.337 e. The van der Waals surface area contributed by atoms with Gasteiger partial charge in [-0.3, -0.25) is 4.57 Å². The molecule has 0 saturated carbocycles. The fourth-order valence-electron chi connectivity index (χ4n) is 2.23. The van der Waals surface area contributed by atoms with E-state index in [0.29, 0.717) is 30.7 Å². The molecule has 0 fully saturated rings. The van der Waals surface area contributed by atoms with Crippen LogP contribution in [0.25, 0.3) is 11.0 Å². The summed E-state index contributed by atoms with van der Waals surface area (Å²) >= 11 is 0. The molecule has 0 aliphatic heterocycles. The van der Waals surface area contributed by atoms with Gasteiger partial charge in [-0.05, 0) is 19.2 Å². The number of hydrogen-bond donors (Lipinski definition) is 2. The van der Waals surface area contributed by atoms with Crippen molar-refractivity contribution in [2.75, 3.05) is 33.9 Å². The summed E-state index contributed by atoms with van der Waals surface area (Å²) in [5, 5.41) is 9.25. The van der Waals surface area contributed by atoms with Gasteiger partial charge in [0.05, 0.1) is 23.2 Å². The number of nitrogens with zero attached hydrogens (tertiary/aromatic N) is 2. The molecule has 0 unspecified atom stereocenters. The summed E-state index contributed by atoms with van der Waals surface area (Å²) in [5.41, 5.74) is 0.818. The SMILES string of the molecule is COCCN(C)CCn1c(=O)[nH]c2cccc(C(=O)O)c21. The first-order valence-electron chi connectivity index (χ1n) is 6.67. The van der Waals surface area contributed by atoms with Crippen molar-refractivity contribution in [3.63, 3.8) is 0 Å². The molecule has 21 heavy (non-hydrogen) atoms. The Morgan fingerprint density at radius 1 is 1.43 bits per heavy atom. The van der Waals surface area contributed by atoms with Crippen LogP contribution in [0.5, 0.6) is 0 Å². The van der Waals surface area contributed by atoms with Crippen LogP contribution in [0.4, 0.5) is 0 Å². The second-order valence-corrected chi connectivity index (χ2v) is 4.88. The van der Waals surface area contributed by atoms with E-state index in [9.17, 15) is 14.7 Å². The van der Waals surface area contributed by atoms with Crippen LogP contribution in [0.3, 0.4) is 0 Å². The lowest BCUT2D eigenvalue weighted by molar-refractivity contribution is 0.0698. The van der Waals surface area contributed by atoms with Crippen molar-refractivity contribution in [3.05, 3.63) is 34.2 Å². The molecule has 0 saturated heterocycles. The van der Waals surface area contributed by atoms with Crippen molar-refractivity contribution in [2.24, 2.45) is 0 Å². The highest BCUT2D eigenvalue weighted by Crippen LogP contribution is 2.16. The van der Waals surface area contributed by atoms with E-state index in [1.807, 2.05) is 11.9 Å². The second kappa shape index (κ2) is 6.55. The van der Waals surface area contributed by atoms with Gasteiger partial charge in [0, 0.05) is 26.7 Å². The molecule has 7 nitrogen and oxygen atoms in total. The highest BCUT2D eigenvalue weighted by Gasteiger charge is 2.15. The largest absolute Gasteiger partial charge is 0.478 e. The molecule has 0 radical (unpaired) electrons. The zero-order valence-electron chi connectivity index (χ0n) is 12.1. The first-order valence-corrected chi connectivity index (χ1v) is 6.67. The van der Waals surface area contributed by atoms with Crippen molar-refractivity contribution in [1.82, 2.24) is 14.5 Å². The summed E-state index contributed by atoms with van der Waals surface area (Å²) in [6.45, 7) is 2.41. The lowest BCUT2D eigenvalue weighted by Crippen LogP contribution is -2.29. The Bertz CT molecular complexity index is 689. The lowest BCUT2D eigenvalue weighted by atomic mass is 10.2. The molecule has 0 spiro atoms. The number of imidazole rings is 1. The number of nitrogens with one attached hydrogen (secondary N) is 1. The molecule has 0 amide bonds. The number of carboxylic acid groups (broad SMARTS) is 1. The van der Waals surface area contributed by atoms with Gasteiger partial charge in [0.1, 0.15) is 0 Å². The average Bonchev–Trinajstić information content (AvgIpc) is 2.77. The second-order valence-electron chi connectivity index (χ2n) is 4.88. The summed E-state index contributed by atoms with van der Waals surface area (Å²) < 4.78 is 6.47. The Morgan fingerprint density at radius 3 is 2.86 bits per heavy atom. The van der Waals surface area contributed by atoms with E-state index < -0.39 is 5.97 Å². The van der Waals surface area contributed by atoms with E-state index in [-0.39, 0.29) is 11.3 Å². The molecule has 0 atom stereocenters. The number of fused-ring (bicyclic) bond motifs is 1. The van der Waals surface area contributed by atoms with Gasteiger partial charge in [-0.15, -0.1) is 0 Å². The number of hydrogen-bond acceptors (Lipinski definition) is 4. The number of aromatic nitrogens is 2. The minimum atomic E-state index is -1.04. The molecule has 1 aromatic heterocycles. The van der Waals surface area contributed by atoms with Crippen LogP contribution in [0, 0.1) is 0 Å². The third kappa shape index (κ3) is 3.32. The Labute approximate surface area is 121 Å². The third-order valence-corrected chi connectivity index (χ3v) is 3.41. The normalized spacial score (nSPS) is 11.4. The molecule has 0 aliphatic carbocycles. The maximum atomic E-state index is 12.0. The Hall–Kier alpha value is -2.12. The predicted octanol–water partition coefficient (Wildman–Crippen LogP) is 0.606. The molecular formula is C14H19N3O4. The zero-order valence-corrected chi connectivity index (χ0v) is 12.1. The Kier molecular flexibility index (Phi) is 4.77. The summed E-state index contributed by atoms with van der Waals surface area (Å²) in [6.07, 6.45) is 0. The monoisotopic (exact) mass is 293 g/mol. The fourth-order valence-corrected chi connectivity index (χ4v) is 2.23. The fraction of sp³-hybridized carbons (Fsp3) is 0.429. The molecule has 0 bridgehead atoms. The van der Waals surface area contributed by atoms with Crippen molar-refractivity contribution in [2.45, 2.75) is 6.54 Å². The molecule has 1 heterocycles. The first kappa shape index (κ1) is 15.3. The number of carbonyl (C=O) groups is 1. The van der Waals surface area contributed by atoms with Crippen molar-refractivity contribution in [3.8, 4) is 0 Å². The molecule has 0 aliphatic rings. The minimum Gasteiger partial charge on any atom is -0.478 e. The smallest absolute Gasteiger partial charge is 0.337 e. The number of carboxylic acids is 1. The van der Waals surface area contributed by atoms with Crippen LogP contribution in [0.2, 0.25) is 0 Å². The van der Waals surface area contributed by atoms with Crippen molar-refractivity contribution >= 4 is 17.0 Å².